The van der Waals surface area contributed by atoms with Crippen LogP contribution in [0.1, 0.15) is 16.7 Å². The summed E-state index contributed by atoms with van der Waals surface area (Å²) in [5, 5.41) is 2.35. The molecular formula is C21H14O2. The Hall–Kier alpha value is -2.87. The number of hydrogen-bond donors (Lipinski definition) is 0. The molecule has 0 radical (unpaired) electrons. The van der Waals surface area contributed by atoms with Gasteiger partial charge in [-0.25, -0.2) is 0 Å². The van der Waals surface area contributed by atoms with Gasteiger partial charge in [-0.05, 0) is 28.5 Å². The summed E-state index contributed by atoms with van der Waals surface area (Å²) in [5.74, 6) is 0.846. The molecule has 0 saturated heterocycles. The van der Waals surface area contributed by atoms with Crippen LogP contribution in [0.25, 0.3) is 16.8 Å². The van der Waals surface area contributed by atoms with Crippen molar-refractivity contribution in [2.24, 2.45) is 0 Å². The van der Waals surface area contributed by atoms with Crippen molar-refractivity contribution in [1.29, 1.82) is 0 Å². The maximum absolute atomic E-state index is 12.8. The molecule has 2 nitrogen and oxygen atoms in total. The van der Waals surface area contributed by atoms with E-state index in [9.17, 15) is 4.79 Å². The molecule has 2 heteroatoms. The first-order valence-electron chi connectivity index (χ1n) is 7.80. The van der Waals surface area contributed by atoms with Crippen molar-refractivity contribution in [3.05, 3.63) is 83.4 Å². The Morgan fingerprint density at radius 3 is 2.65 bits per heavy atom. The lowest BCUT2D eigenvalue weighted by atomic mass is 9.79. The van der Waals surface area contributed by atoms with Crippen molar-refractivity contribution in [3.63, 3.8) is 0 Å². The molecule has 0 bridgehead atoms. The monoisotopic (exact) mass is 298 g/mol. The van der Waals surface area contributed by atoms with E-state index in [1.807, 2.05) is 48.5 Å². The lowest BCUT2D eigenvalue weighted by Crippen LogP contribution is -2.41. The minimum Gasteiger partial charge on any atom is -0.474 e. The predicted molar refractivity (Wildman–Crippen MR) is 90.4 cm³/mol. The lowest BCUT2D eigenvalue weighted by molar-refractivity contribution is -0.128. The van der Waals surface area contributed by atoms with Crippen LogP contribution in [0.5, 0.6) is 5.75 Å². The van der Waals surface area contributed by atoms with E-state index in [0.29, 0.717) is 6.42 Å². The number of benzene rings is 3. The fourth-order valence-corrected chi connectivity index (χ4v) is 3.80. The van der Waals surface area contributed by atoms with E-state index in [4.69, 9.17) is 4.74 Å². The fraction of sp³-hybridized carbons (Fsp3) is 0.0952. The highest BCUT2D eigenvalue weighted by Gasteiger charge is 2.49. The number of fused-ring (bicyclic) bond motifs is 5. The van der Waals surface area contributed by atoms with Crippen molar-refractivity contribution < 1.29 is 9.53 Å². The highest BCUT2D eigenvalue weighted by Crippen LogP contribution is 2.47. The molecule has 3 aromatic rings. The molecule has 0 N–H and O–H groups in total. The summed E-state index contributed by atoms with van der Waals surface area (Å²) in [5.41, 5.74) is 2.25. The van der Waals surface area contributed by atoms with Gasteiger partial charge in [0.05, 0.1) is 0 Å². The average Bonchev–Trinajstić information content (AvgIpc) is 3.00. The zero-order valence-corrected chi connectivity index (χ0v) is 12.5. The number of hydrogen-bond acceptors (Lipinski definition) is 2. The first-order valence-corrected chi connectivity index (χ1v) is 7.80. The Kier molecular flexibility index (Phi) is 2.38. The molecule has 1 aliphatic heterocycles. The van der Waals surface area contributed by atoms with E-state index >= 15 is 0 Å². The molecule has 3 aromatic carbocycles. The molecule has 0 aromatic heterocycles. The van der Waals surface area contributed by atoms with Crippen molar-refractivity contribution in [1.82, 2.24) is 0 Å². The van der Waals surface area contributed by atoms with Crippen LogP contribution in [0.2, 0.25) is 0 Å². The van der Waals surface area contributed by atoms with Crippen LogP contribution in [0, 0.1) is 0 Å². The van der Waals surface area contributed by atoms with Crippen LogP contribution in [0.15, 0.2) is 66.7 Å². The van der Waals surface area contributed by atoms with Gasteiger partial charge in [0.1, 0.15) is 5.75 Å². The van der Waals surface area contributed by atoms with E-state index in [2.05, 4.69) is 18.2 Å². The third kappa shape index (κ3) is 1.61. The third-order valence-corrected chi connectivity index (χ3v) is 4.92. The number of carbonyl (C=O) groups excluding carboxylic acids is 1. The smallest absolute Gasteiger partial charge is 0.204 e. The van der Waals surface area contributed by atoms with Crippen LogP contribution in [0.3, 0.4) is 0 Å². The molecule has 1 spiro atoms. The predicted octanol–water partition coefficient (Wildman–Crippen LogP) is 4.27. The third-order valence-electron chi connectivity index (χ3n) is 4.92. The van der Waals surface area contributed by atoms with E-state index in [1.165, 1.54) is 10.8 Å². The number of carbonyl (C=O) groups is 1. The first kappa shape index (κ1) is 12.7. The molecule has 2 aliphatic rings. The van der Waals surface area contributed by atoms with Gasteiger partial charge in [0.15, 0.2) is 0 Å². The Morgan fingerprint density at radius 2 is 1.70 bits per heavy atom. The second-order valence-corrected chi connectivity index (χ2v) is 6.15. The van der Waals surface area contributed by atoms with Gasteiger partial charge in [-0.3, -0.25) is 4.79 Å². The van der Waals surface area contributed by atoms with Crippen molar-refractivity contribution in [2.45, 2.75) is 12.0 Å². The number of ketones is 1. The second kappa shape index (κ2) is 4.32. The van der Waals surface area contributed by atoms with Crippen molar-refractivity contribution in [2.75, 3.05) is 0 Å². The van der Waals surface area contributed by atoms with Crippen molar-refractivity contribution >= 4 is 22.6 Å². The highest BCUT2D eigenvalue weighted by atomic mass is 16.5. The highest BCUT2D eigenvalue weighted by molar-refractivity contribution is 6.05. The minimum atomic E-state index is -0.905. The summed E-state index contributed by atoms with van der Waals surface area (Å²) in [6, 6.07) is 20.3. The minimum absolute atomic E-state index is 0.0245. The maximum Gasteiger partial charge on any atom is 0.204 e. The maximum atomic E-state index is 12.8. The lowest BCUT2D eigenvalue weighted by Gasteiger charge is -2.30. The Balaban J connectivity index is 1.76. The van der Waals surface area contributed by atoms with Crippen LogP contribution in [-0.2, 0) is 16.8 Å². The Morgan fingerprint density at radius 1 is 0.870 bits per heavy atom. The molecule has 1 aliphatic carbocycles. The van der Waals surface area contributed by atoms with E-state index in [0.717, 1.165) is 22.4 Å². The topological polar surface area (TPSA) is 26.3 Å². The summed E-state index contributed by atoms with van der Waals surface area (Å²) < 4.78 is 6.28. The fourth-order valence-electron chi connectivity index (χ4n) is 3.80. The summed E-state index contributed by atoms with van der Waals surface area (Å²) in [7, 11) is 0. The van der Waals surface area contributed by atoms with E-state index in [1.54, 1.807) is 6.08 Å². The van der Waals surface area contributed by atoms with Gasteiger partial charge in [0, 0.05) is 17.5 Å². The molecule has 0 amide bonds. The summed E-state index contributed by atoms with van der Waals surface area (Å²) in [6.07, 6.45) is 4.12. The van der Waals surface area contributed by atoms with Gasteiger partial charge in [0.25, 0.3) is 0 Å². The second-order valence-electron chi connectivity index (χ2n) is 6.15. The van der Waals surface area contributed by atoms with Gasteiger partial charge in [-0.2, -0.15) is 0 Å². The quantitative estimate of drug-likeness (QED) is 0.619. The zero-order chi connectivity index (χ0) is 15.4. The molecule has 1 unspecified atom stereocenters. The zero-order valence-electron chi connectivity index (χ0n) is 12.5. The number of rotatable bonds is 0. The van der Waals surface area contributed by atoms with Crippen LogP contribution in [-0.4, -0.2) is 5.78 Å². The largest absolute Gasteiger partial charge is 0.474 e. The molecular weight excluding hydrogens is 284 g/mol. The van der Waals surface area contributed by atoms with Crippen LogP contribution in [0.4, 0.5) is 0 Å². The van der Waals surface area contributed by atoms with Crippen molar-refractivity contribution in [3.8, 4) is 5.75 Å². The summed E-state index contributed by atoms with van der Waals surface area (Å²) in [4.78, 5) is 12.8. The van der Waals surface area contributed by atoms with Gasteiger partial charge in [0.2, 0.25) is 11.4 Å². The number of ether oxygens (including phenoxy) is 1. The summed E-state index contributed by atoms with van der Waals surface area (Å²) >= 11 is 0. The summed E-state index contributed by atoms with van der Waals surface area (Å²) in [6.45, 7) is 0. The molecule has 23 heavy (non-hydrogen) atoms. The normalized spacial score (nSPS) is 21.3. The van der Waals surface area contributed by atoms with E-state index in [-0.39, 0.29) is 5.78 Å². The van der Waals surface area contributed by atoms with Gasteiger partial charge >= 0.3 is 0 Å². The van der Waals surface area contributed by atoms with Gasteiger partial charge in [-0.15, -0.1) is 0 Å². The molecule has 0 saturated carbocycles. The molecule has 1 heterocycles. The Bertz CT molecular complexity index is 1000. The van der Waals surface area contributed by atoms with E-state index < -0.39 is 5.60 Å². The SMILES string of the molecule is O=C1C=Cc2ccccc2C12Cc1c(ccc3ccccc13)O2. The van der Waals surface area contributed by atoms with Crippen LogP contribution < -0.4 is 4.74 Å². The molecule has 1 atom stereocenters. The standard InChI is InChI=1S/C21H14O2/c22-20-12-10-15-6-2-4-8-18(15)21(20)13-17-16-7-3-1-5-14(16)9-11-19(17)23-21/h1-12H,13H2. The molecule has 0 fully saturated rings. The van der Waals surface area contributed by atoms with Gasteiger partial charge in [-0.1, -0.05) is 60.7 Å². The molecule has 110 valence electrons. The molecule has 5 rings (SSSR count). The Labute approximate surface area is 134 Å². The first-order chi connectivity index (χ1) is 11.3. The average molecular weight is 298 g/mol. The van der Waals surface area contributed by atoms with Gasteiger partial charge < -0.3 is 4.74 Å². The van der Waals surface area contributed by atoms with Crippen LogP contribution >= 0.6 is 0 Å².